The summed E-state index contributed by atoms with van der Waals surface area (Å²) in [7, 11) is 1.33. The van der Waals surface area contributed by atoms with Crippen molar-refractivity contribution >= 4 is 44.0 Å². The number of H-pyrrole nitrogens is 1. The van der Waals surface area contributed by atoms with E-state index in [-0.39, 0.29) is 9.92 Å². The average Bonchev–Trinajstić information content (AvgIpc) is 3.30. The molecule has 0 spiro atoms. The molecule has 0 fully saturated rings. The van der Waals surface area contributed by atoms with Crippen molar-refractivity contribution in [2.45, 2.75) is 11.8 Å². The predicted molar refractivity (Wildman–Crippen MR) is 152 cm³/mol. The predicted octanol–water partition coefficient (Wildman–Crippen LogP) is 5.65. The van der Waals surface area contributed by atoms with Gasteiger partial charge in [-0.3, -0.25) is 9.82 Å². The van der Waals surface area contributed by atoms with E-state index in [1.165, 1.54) is 19.2 Å². The summed E-state index contributed by atoms with van der Waals surface area (Å²) < 4.78 is 39.8. The summed E-state index contributed by atoms with van der Waals surface area (Å²) in [6.07, 6.45) is 1.64. The SMILES string of the molecule is COc1ccc(Cl)c(S(=O)(=O)Nc2ccc(-c3cc4n[nH]c(C)c4c(Oc4ccc(N(C)C)nc4)n3)cc2)c1. The van der Waals surface area contributed by atoms with Crippen molar-refractivity contribution in [3.8, 4) is 28.6 Å². The highest BCUT2D eigenvalue weighted by Crippen LogP contribution is 2.34. The highest BCUT2D eigenvalue weighted by atomic mass is 35.5. The second kappa shape index (κ2) is 10.4. The molecule has 3 heterocycles. The van der Waals surface area contributed by atoms with Crippen molar-refractivity contribution in [1.82, 2.24) is 20.2 Å². The van der Waals surface area contributed by atoms with Crippen molar-refractivity contribution in [1.29, 1.82) is 0 Å². The Morgan fingerprint density at radius 1 is 1.00 bits per heavy atom. The van der Waals surface area contributed by atoms with Crippen LogP contribution in [0.4, 0.5) is 11.5 Å². The quantitative estimate of drug-likeness (QED) is 0.248. The van der Waals surface area contributed by atoms with E-state index in [0.717, 1.165) is 22.5 Å². The molecule has 5 aromatic rings. The first-order valence-electron chi connectivity index (χ1n) is 11.8. The number of halogens is 1. The molecule has 0 unspecified atom stereocenters. The van der Waals surface area contributed by atoms with Gasteiger partial charge in [-0.05, 0) is 49.4 Å². The molecule has 0 bridgehead atoms. The highest BCUT2D eigenvalue weighted by Gasteiger charge is 2.20. The number of hydrogen-bond acceptors (Lipinski definition) is 8. The number of anilines is 2. The maximum absolute atomic E-state index is 13.0. The van der Waals surface area contributed by atoms with E-state index < -0.39 is 10.0 Å². The smallest absolute Gasteiger partial charge is 0.263 e. The Kier molecular flexibility index (Phi) is 7.02. The van der Waals surface area contributed by atoms with Gasteiger partial charge >= 0.3 is 0 Å². The van der Waals surface area contributed by atoms with Crippen LogP contribution in [0.5, 0.6) is 17.4 Å². The molecule has 0 amide bonds. The topological polar surface area (TPSA) is 122 Å². The number of aryl methyl sites for hydroxylation is 1. The fourth-order valence-electron chi connectivity index (χ4n) is 3.92. The van der Waals surface area contributed by atoms with Crippen LogP contribution in [0.3, 0.4) is 0 Å². The summed E-state index contributed by atoms with van der Waals surface area (Å²) in [5.41, 5.74) is 3.21. The van der Waals surface area contributed by atoms with Crippen LogP contribution in [-0.4, -0.2) is 49.8 Å². The molecule has 39 heavy (non-hydrogen) atoms. The fourth-order valence-corrected chi connectivity index (χ4v) is 5.49. The van der Waals surface area contributed by atoms with Gasteiger partial charge in [-0.15, -0.1) is 0 Å². The van der Waals surface area contributed by atoms with Crippen LogP contribution in [0.1, 0.15) is 5.69 Å². The molecular formula is C27H25ClN6O4S. The van der Waals surface area contributed by atoms with Crippen LogP contribution in [0.25, 0.3) is 22.2 Å². The maximum Gasteiger partial charge on any atom is 0.263 e. The Morgan fingerprint density at radius 3 is 2.41 bits per heavy atom. The molecule has 5 rings (SSSR count). The first kappa shape index (κ1) is 26.3. The third kappa shape index (κ3) is 5.45. The molecule has 10 nitrogen and oxygen atoms in total. The lowest BCUT2D eigenvalue weighted by molar-refractivity contribution is 0.413. The van der Waals surface area contributed by atoms with Crippen LogP contribution in [0.15, 0.2) is 71.8 Å². The number of pyridine rings is 2. The number of fused-ring (bicyclic) bond motifs is 1. The van der Waals surface area contributed by atoms with Crippen molar-refractivity contribution in [2.24, 2.45) is 0 Å². The summed E-state index contributed by atoms with van der Waals surface area (Å²) in [6.45, 7) is 1.90. The van der Waals surface area contributed by atoms with E-state index in [0.29, 0.717) is 34.3 Å². The third-order valence-electron chi connectivity index (χ3n) is 5.94. The Labute approximate surface area is 230 Å². The standard InChI is InChI=1S/C27H25ClN6O4S/c1-16-26-23(32-31-16)14-22(30-27(26)38-20-10-12-25(29-15-20)34(2)3)17-5-7-18(8-6-17)33-39(35,36)24-13-19(37-4)9-11-21(24)28/h5-15,33H,1-4H3,(H,31,32). The zero-order chi connectivity index (χ0) is 27.7. The molecule has 0 saturated carbocycles. The maximum atomic E-state index is 13.0. The van der Waals surface area contributed by atoms with E-state index >= 15 is 0 Å². The van der Waals surface area contributed by atoms with Crippen LogP contribution in [0.2, 0.25) is 5.02 Å². The minimum absolute atomic E-state index is 0.0801. The van der Waals surface area contributed by atoms with Gasteiger partial charge in [-0.2, -0.15) is 5.10 Å². The first-order chi connectivity index (χ1) is 18.6. The molecule has 200 valence electrons. The minimum atomic E-state index is -3.95. The Balaban J connectivity index is 1.44. The summed E-state index contributed by atoms with van der Waals surface area (Å²) >= 11 is 6.14. The summed E-state index contributed by atoms with van der Waals surface area (Å²) in [4.78, 5) is 11.0. The number of nitrogens with one attached hydrogen (secondary N) is 2. The molecule has 0 atom stereocenters. The van der Waals surface area contributed by atoms with Gasteiger partial charge in [0, 0.05) is 37.1 Å². The Hall–Kier alpha value is -4.35. The molecule has 2 aromatic carbocycles. The van der Waals surface area contributed by atoms with Crippen molar-refractivity contribution in [2.75, 3.05) is 30.8 Å². The summed E-state index contributed by atoms with van der Waals surface area (Å²) in [5, 5.41) is 8.21. The molecule has 0 radical (unpaired) electrons. The number of aromatic amines is 1. The number of nitrogens with zero attached hydrogens (tertiary/aromatic N) is 4. The van der Waals surface area contributed by atoms with Gasteiger partial charge in [0.2, 0.25) is 5.88 Å². The van der Waals surface area contributed by atoms with E-state index in [2.05, 4.69) is 19.9 Å². The number of methoxy groups -OCH3 is 1. The second-order valence-corrected chi connectivity index (χ2v) is 10.9. The molecule has 2 N–H and O–H groups in total. The molecular weight excluding hydrogens is 540 g/mol. The van der Waals surface area contributed by atoms with Crippen molar-refractivity contribution < 1.29 is 17.9 Å². The number of sulfonamides is 1. The second-order valence-electron chi connectivity index (χ2n) is 8.88. The normalized spacial score (nSPS) is 11.4. The Morgan fingerprint density at radius 2 is 1.74 bits per heavy atom. The number of rotatable bonds is 8. The molecule has 12 heteroatoms. The van der Waals surface area contributed by atoms with E-state index in [4.69, 9.17) is 26.1 Å². The van der Waals surface area contributed by atoms with Crippen LogP contribution < -0.4 is 19.1 Å². The lowest BCUT2D eigenvalue weighted by Gasteiger charge is -2.13. The van der Waals surface area contributed by atoms with Crippen LogP contribution >= 0.6 is 11.6 Å². The third-order valence-corrected chi connectivity index (χ3v) is 7.80. The first-order valence-corrected chi connectivity index (χ1v) is 13.6. The van der Waals surface area contributed by atoms with Gasteiger partial charge in [0.25, 0.3) is 10.0 Å². The summed E-state index contributed by atoms with van der Waals surface area (Å²) in [5.74, 6) is 2.10. The monoisotopic (exact) mass is 564 g/mol. The largest absolute Gasteiger partial charge is 0.497 e. The zero-order valence-electron chi connectivity index (χ0n) is 21.6. The number of benzene rings is 2. The van der Waals surface area contributed by atoms with Gasteiger partial charge in [0.15, 0.2) is 0 Å². The summed E-state index contributed by atoms with van der Waals surface area (Å²) in [6, 6.07) is 16.8. The van der Waals surface area contributed by atoms with Crippen LogP contribution in [0, 0.1) is 6.92 Å². The number of aromatic nitrogens is 4. The number of hydrogen-bond donors (Lipinski definition) is 2. The molecule has 0 aliphatic heterocycles. The molecule has 0 saturated heterocycles. The fraction of sp³-hybridized carbons (Fsp3) is 0.148. The van der Waals surface area contributed by atoms with E-state index in [9.17, 15) is 8.42 Å². The Bertz CT molecular complexity index is 1750. The molecule has 3 aromatic heterocycles. The van der Waals surface area contributed by atoms with Gasteiger partial charge in [0.1, 0.15) is 22.2 Å². The molecule has 0 aliphatic rings. The van der Waals surface area contributed by atoms with Crippen molar-refractivity contribution in [3.05, 3.63) is 77.6 Å². The van der Waals surface area contributed by atoms with Gasteiger partial charge in [-0.1, -0.05) is 23.7 Å². The van der Waals surface area contributed by atoms with Gasteiger partial charge in [0.05, 0.1) is 34.9 Å². The number of ether oxygens (including phenoxy) is 2. The highest BCUT2D eigenvalue weighted by molar-refractivity contribution is 7.92. The van der Waals surface area contributed by atoms with Gasteiger partial charge < -0.3 is 14.4 Å². The lowest BCUT2D eigenvalue weighted by Crippen LogP contribution is -2.13. The average molecular weight is 565 g/mol. The van der Waals surface area contributed by atoms with Crippen LogP contribution in [-0.2, 0) is 10.0 Å². The van der Waals surface area contributed by atoms with E-state index in [1.807, 2.05) is 44.1 Å². The van der Waals surface area contributed by atoms with Gasteiger partial charge in [-0.25, -0.2) is 18.4 Å². The van der Waals surface area contributed by atoms with E-state index in [1.54, 1.807) is 36.5 Å². The zero-order valence-corrected chi connectivity index (χ0v) is 23.1. The minimum Gasteiger partial charge on any atom is -0.497 e. The van der Waals surface area contributed by atoms with Crippen molar-refractivity contribution in [3.63, 3.8) is 0 Å². The lowest BCUT2D eigenvalue weighted by atomic mass is 10.1. The molecule has 0 aliphatic carbocycles.